The van der Waals surface area contributed by atoms with Crippen LogP contribution in [0.1, 0.15) is 29.5 Å². The van der Waals surface area contributed by atoms with Crippen LogP contribution < -0.4 is 19.9 Å². The average Bonchev–Trinajstić information content (AvgIpc) is 3.17. The zero-order chi connectivity index (χ0) is 28.6. The molecule has 2 fully saturated rings. The van der Waals surface area contributed by atoms with Crippen LogP contribution in [0.25, 0.3) is 0 Å². The maximum atomic E-state index is 15.5. The van der Waals surface area contributed by atoms with Crippen molar-refractivity contribution in [1.82, 2.24) is 5.32 Å². The number of hydrogen-bond acceptors (Lipinski definition) is 5. The Morgan fingerprint density at radius 1 is 0.786 bits per heavy atom. The Morgan fingerprint density at radius 3 is 1.88 bits per heavy atom. The molecule has 0 bridgehead atoms. The number of likely N-dealkylation sites (N-methyl/N-ethyl adjacent to an activating group) is 1. The van der Waals surface area contributed by atoms with E-state index < -0.39 is 5.54 Å². The molecular weight excluding hydrogens is 525 g/mol. The Bertz CT molecular complexity index is 1400. The largest absolute Gasteiger partial charge is 0.490 e. The fraction of sp³-hybridized carbons (Fsp3) is 0.333. The van der Waals surface area contributed by atoms with Crippen molar-refractivity contribution in [3.8, 4) is 5.75 Å². The van der Waals surface area contributed by atoms with Gasteiger partial charge in [0, 0.05) is 51.4 Å². The maximum absolute atomic E-state index is 15.5. The van der Waals surface area contributed by atoms with E-state index in [9.17, 15) is 0 Å². The van der Waals surface area contributed by atoms with E-state index in [1.165, 1.54) is 0 Å². The van der Waals surface area contributed by atoms with Crippen molar-refractivity contribution in [3.05, 3.63) is 126 Å². The van der Waals surface area contributed by atoms with Crippen LogP contribution >= 0.6 is 0 Å². The predicted octanol–water partition coefficient (Wildman–Crippen LogP) is 6.22. The summed E-state index contributed by atoms with van der Waals surface area (Å²) in [5, 5.41) is 4.05. The summed E-state index contributed by atoms with van der Waals surface area (Å²) in [6, 6.07) is 35.3. The first-order chi connectivity index (χ1) is 20.6. The monoisotopic (exact) mass is 563 g/mol. The smallest absolute Gasteiger partial charge is 0.150 e. The molecule has 7 rings (SSSR count). The molecule has 5 nitrogen and oxygen atoms in total. The van der Waals surface area contributed by atoms with Crippen LogP contribution in [0.3, 0.4) is 0 Å². The number of nitrogens with zero attached hydrogens (tertiary/aromatic N) is 2. The minimum Gasteiger partial charge on any atom is -0.490 e. The lowest BCUT2D eigenvalue weighted by Gasteiger charge is -2.53. The summed E-state index contributed by atoms with van der Waals surface area (Å²) in [5.74, 6) is 0.372. The van der Waals surface area contributed by atoms with E-state index in [2.05, 4.69) is 113 Å². The van der Waals surface area contributed by atoms with Gasteiger partial charge in [-0.05, 0) is 35.6 Å². The Kier molecular flexibility index (Phi) is 7.12. The van der Waals surface area contributed by atoms with Gasteiger partial charge in [0.2, 0.25) is 0 Å². The second-order valence-corrected chi connectivity index (χ2v) is 12.1. The van der Waals surface area contributed by atoms with Gasteiger partial charge in [0.1, 0.15) is 18.2 Å². The van der Waals surface area contributed by atoms with Crippen LogP contribution in [0.15, 0.2) is 103 Å². The minimum atomic E-state index is -0.610. The van der Waals surface area contributed by atoms with Gasteiger partial charge in [0.25, 0.3) is 0 Å². The molecule has 4 aromatic carbocycles. The van der Waals surface area contributed by atoms with Gasteiger partial charge >= 0.3 is 0 Å². The Morgan fingerprint density at radius 2 is 1.33 bits per heavy atom. The molecule has 0 amide bonds. The number of benzene rings is 4. The van der Waals surface area contributed by atoms with Gasteiger partial charge in [-0.1, -0.05) is 91.0 Å². The van der Waals surface area contributed by atoms with E-state index in [0.29, 0.717) is 24.6 Å². The van der Waals surface area contributed by atoms with Crippen molar-refractivity contribution in [1.29, 1.82) is 0 Å². The van der Waals surface area contributed by atoms with E-state index in [0.717, 1.165) is 61.5 Å². The summed E-state index contributed by atoms with van der Waals surface area (Å²) in [4.78, 5) is 4.39. The van der Waals surface area contributed by atoms with Crippen LogP contribution in [0.4, 0.5) is 15.8 Å². The highest BCUT2D eigenvalue weighted by Crippen LogP contribution is 2.45. The normalized spacial score (nSPS) is 19.9. The quantitative estimate of drug-likeness (QED) is 0.282. The van der Waals surface area contributed by atoms with E-state index in [1.54, 1.807) is 6.07 Å². The number of nitrogens with one attached hydrogen (secondary N) is 1. The molecule has 0 aromatic heterocycles. The number of fused-ring (bicyclic) bond motifs is 1. The molecule has 1 spiro atoms. The minimum absolute atomic E-state index is 0.0518. The zero-order valence-electron chi connectivity index (χ0n) is 24.1. The number of ether oxygens (including phenoxy) is 2. The molecule has 3 heterocycles. The summed E-state index contributed by atoms with van der Waals surface area (Å²) >= 11 is 0. The molecule has 1 N–H and O–H groups in total. The molecule has 3 aliphatic rings. The van der Waals surface area contributed by atoms with Crippen molar-refractivity contribution in [2.45, 2.75) is 24.4 Å². The van der Waals surface area contributed by atoms with Crippen LogP contribution in [0.2, 0.25) is 0 Å². The van der Waals surface area contributed by atoms with Gasteiger partial charge in [-0.3, -0.25) is 5.32 Å². The molecule has 42 heavy (non-hydrogen) atoms. The highest BCUT2D eigenvalue weighted by atomic mass is 19.1. The number of rotatable bonds is 6. The van der Waals surface area contributed by atoms with Crippen LogP contribution in [0.5, 0.6) is 5.75 Å². The van der Waals surface area contributed by atoms with E-state index in [-0.39, 0.29) is 17.3 Å². The Balaban J connectivity index is 1.20. The van der Waals surface area contributed by atoms with Crippen molar-refractivity contribution < 1.29 is 13.9 Å². The molecule has 0 unspecified atom stereocenters. The van der Waals surface area contributed by atoms with Crippen molar-refractivity contribution >= 4 is 11.4 Å². The highest BCUT2D eigenvalue weighted by molar-refractivity contribution is 5.69. The molecule has 1 atom stereocenters. The zero-order valence-corrected chi connectivity index (χ0v) is 24.1. The second kappa shape index (κ2) is 11.1. The van der Waals surface area contributed by atoms with Gasteiger partial charge in [0.15, 0.2) is 0 Å². The van der Waals surface area contributed by atoms with E-state index in [4.69, 9.17) is 9.47 Å². The fourth-order valence-electron chi connectivity index (χ4n) is 7.12. The predicted molar refractivity (Wildman–Crippen MR) is 166 cm³/mol. The van der Waals surface area contributed by atoms with Crippen molar-refractivity contribution in [2.24, 2.45) is 5.41 Å². The van der Waals surface area contributed by atoms with E-state index >= 15 is 4.39 Å². The third-order valence-corrected chi connectivity index (χ3v) is 9.36. The lowest BCUT2D eigenvalue weighted by atomic mass is 9.73. The second-order valence-electron chi connectivity index (χ2n) is 12.1. The number of hydrogen-bond donors (Lipinski definition) is 1. The Labute approximate surface area is 247 Å². The molecular formula is C36H38FN3O2. The van der Waals surface area contributed by atoms with Gasteiger partial charge in [0.05, 0.1) is 23.0 Å². The van der Waals surface area contributed by atoms with Crippen LogP contribution in [-0.4, -0.2) is 52.5 Å². The molecule has 2 saturated heterocycles. The van der Waals surface area contributed by atoms with Crippen molar-refractivity contribution in [3.63, 3.8) is 0 Å². The first-order valence-electron chi connectivity index (χ1n) is 15.0. The molecule has 0 radical (unpaired) electrons. The molecule has 6 heteroatoms. The summed E-state index contributed by atoms with van der Waals surface area (Å²) in [5.41, 5.74) is 4.71. The average molecular weight is 564 g/mol. The number of halogens is 1. The SMILES string of the molecule is CN1C[C@H](NC(c2ccccc2)(c2ccccc2)c2ccccc2)COc2cc(F)c(N3CC4(CCOCC4)C3)cc21. The topological polar surface area (TPSA) is 37.0 Å². The third-order valence-electron chi connectivity index (χ3n) is 9.36. The Hall–Kier alpha value is -3.87. The van der Waals surface area contributed by atoms with E-state index in [1.807, 2.05) is 6.07 Å². The van der Waals surface area contributed by atoms with Gasteiger partial charge in [-0.25, -0.2) is 4.39 Å². The van der Waals surface area contributed by atoms with Crippen LogP contribution in [-0.2, 0) is 10.3 Å². The molecule has 0 saturated carbocycles. The first-order valence-corrected chi connectivity index (χ1v) is 15.0. The van der Waals surface area contributed by atoms with Gasteiger partial charge in [-0.15, -0.1) is 0 Å². The third kappa shape index (κ3) is 4.83. The standard InChI is InChI=1S/C36H38FN3O2/c1-39-23-30(24-42-34-21-31(37)32(22-33(34)39)40-25-35(26-40)17-19-41-20-18-35)38-36(27-11-5-2-6-12-27,28-13-7-3-8-14-28)29-15-9-4-10-16-29/h2-16,21-22,30,38H,17-20,23-26H2,1H3/t30-/m0/s1. The summed E-state index contributed by atoms with van der Waals surface area (Å²) in [7, 11) is 2.08. The summed E-state index contributed by atoms with van der Waals surface area (Å²) in [6.45, 7) is 4.50. The van der Waals surface area contributed by atoms with Gasteiger partial charge < -0.3 is 19.3 Å². The van der Waals surface area contributed by atoms with Crippen molar-refractivity contribution in [2.75, 3.05) is 56.3 Å². The first kappa shape index (κ1) is 27.0. The number of anilines is 2. The fourth-order valence-corrected chi connectivity index (χ4v) is 7.12. The summed E-state index contributed by atoms with van der Waals surface area (Å²) < 4.78 is 27.5. The molecule has 3 aliphatic heterocycles. The molecule has 4 aromatic rings. The maximum Gasteiger partial charge on any atom is 0.150 e. The molecule has 216 valence electrons. The highest BCUT2D eigenvalue weighted by Gasteiger charge is 2.45. The summed E-state index contributed by atoms with van der Waals surface area (Å²) in [6.07, 6.45) is 2.11. The molecule has 0 aliphatic carbocycles. The lowest BCUT2D eigenvalue weighted by molar-refractivity contribution is -0.000387. The van der Waals surface area contributed by atoms with Gasteiger partial charge in [-0.2, -0.15) is 0 Å². The lowest BCUT2D eigenvalue weighted by Crippen LogP contribution is -2.58. The van der Waals surface area contributed by atoms with Crippen LogP contribution in [0, 0.1) is 11.2 Å².